The number of rotatable bonds is 5. The van der Waals surface area contributed by atoms with E-state index in [2.05, 4.69) is 12.1 Å². The van der Waals surface area contributed by atoms with E-state index in [1.165, 1.54) is 0 Å². The molecule has 0 saturated heterocycles. The van der Waals surface area contributed by atoms with E-state index in [1.807, 2.05) is 67.6 Å². The number of nitrogens with zero attached hydrogens (tertiary/aromatic N) is 1. The van der Waals surface area contributed by atoms with Crippen LogP contribution < -0.4 is 4.74 Å². The van der Waals surface area contributed by atoms with E-state index in [-0.39, 0.29) is 0 Å². The van der Waals surface area contributed by atoms with Crippen LogP contribution in [0.3, 0.4) is 0 Å². The van der Waals surface area contributed by atoms with Gasteiger partial charge in [0.1, 0.15) is 6.61 Å². The van der Waals surface area contributed by atoms with Gasteiger partial charge in [0.15, 0.2) is 5.75 Å². The molecule has 0 aliphatic heterocycles. The molecule has 0 aliphatic rings. The van der Waals surface area contributed by atoms with E-state index in [1.54, 1.807) is 18.2 Å². The Morgan fingerprint density at radius 2 is 1.65 bits per heavy atom. The molecule has 4 aromatic rings. The van der Waals surface area contributed by atoms with E-state index in [0.717, 1.165) is 33.0 Å². The fourth-order valence-corrected chi connectivity index (χ4v) is 4.07. The fraction of sp³-hybridized carbons (Fsp3) is 0.0741. The second kappa shape index (κ2) is 9.27. The van der Waals surface area contributed by atoms with Crippen molar-refractivity contribution in [1.29, 1.82) is 5.26 Å². The molecule has 0 unspecified atom stereocenters. The van der Waals surface area contributed by atoms with Crippen LogP contribution in [0.4, 0.5) is 0 Å². The third-order valence-electron chi connectivity index (χ3n) is 4.98. The summed E-state index contributed by atoms with van der Waals surface area (Å²) in [5, 5.41) is 12.7. The lowest BCUT2D eigenvalue weighted by molar-refractivity contribution is 0.306. The van der Waals surface area contributed by atoms with Crippen LogP contribution in [-0.2, 0) is 6.61 Å². The van der Waals surface area contributed by atoms with Gasteiger partial charge in [0.25, 0.3) is 0 Å². The van der Waals surface area contributed by atoms with E-state index < -0.39 is 0 Å². The van der Waals surface area contributed by atoms with Crippen molar-refractivity contribution in [3.8, 4) is 11.8 Å². The zero-order chi connectivity index (χ0) is 21.8. The Labute approximate surface area is 191 Å². The molecule has 0 radical (unpaired) electrons. The van der Waals surface area contributed by atoms with Crippen molar-refractivity contribution in [1.82, 2.24) is 0 Å². The molecule has 0 heterocycles. The molecule has 0 aliphatic carbocycles. The number of hydrogen-bond acceptors (Lipinski definition) is 2. The number of halogens is 2. The second-order valence-corrected chi connectivity index (χ2v) is 8.14. The highest BCUT2D eigenvalue weighted by molar-refractivity contribution is 6.37. The maximum atomic E-state index is 9.73. The molecule has 0 bridgehead atoms. The topological polar surface area (TPSA) is 33.0 Å². The minimum Gasteiger partial charge on any atom is -0.486 e. The summed E-state index contributed by atoms with van der Waals surface area (Å²) in [5.74, 6) is 0.436. The summed E-state index contributed by atoms with van der Waals surface area (Å²) in [6.45, 7) is 2.41. The average molecular weight is 444 g/mol. The zero-order valence-corrected chi connectivity index (χ0v) is 18.4. The zero-order valence-electron chi connectivity index (χ0n) is 16.9. The van der Waals surface area contributed by atoms with Crippen LogP contribution in [0.25, 0.3) is 22.4 Å². The van der Waals surface area contributed by atoms with Crippen molar-refractivity contribution in [2.75, 3.05) is 0 Å². The highest BCUT2D eigenvalue weighted by Crippen LogP contribution is 2.36. The normalized spacial score (nSPS) is 11.4. The predicted molar refractivity (Wildman–Crippen MR) is 129 cm³/mol. The predicted octanol–water partition coefficient (Wildman–Crippen LogP) is 8.10. The van der Waals surface area contributed by atoms with Crippen LogP contribution in [0.5, 0.6) is 5.75 Å². The first-order valence-corrected chi connectivity index (χ1v) is 10.6. The van der Waals surface area contributed by atoms with Gasteiger partial charge in [-0.1, -0.05) is 89.4 Å². The van der Waals surface area contributed by atoms with Crippen molar-refractivity contribution in [2.45, 2.75) is 13.5 Å². The molecular formula is C27H19Cl2NO. The van der Waals surface area contributed by atoms with Crippen molar-refractivity contribution in [3.05, 3.63) is 111 Å². The monoisotopic (exact) mass is 443 g/mol. The summed E-state index contributed by atoms with van der Waals surface area (Å²) in [4.78, 5) is 0. The summed E-state index contributed by atoms with van der Waals surface area (Å²) in [5.41, 5.74) is 4.32. The van der Waals surface area contributed by atoms with E-state index >= 15 is 0 Å². The van der Waals surface area contributed by atoms with E-state index in [4.69, 9.17) is 27.9 Å². The standard InChI is InChI=1S/C27H19Cl2NO/c1-18-5-4-6-19(11-18)17-31-27-25(28)13-20(14-26(27)29)12-24(16-30)23-10-9-21-7-2-3-8-22(21)15-23/h2-15H,17H2,1H3. The molecule has 0 fully saturated rings. The Balaban J connectivity index is 1.61. The third kappa shape index (κ3) is 4.91. The quantitative estimate of drug-likeness (QED) is 0.230. The summed E-state index contributed by atoms with van der Waals surface area (Å²) in [6, 6.07) is 27.9. The van der Waals surface area contributed by atoms with Crippen LogP contribution in [0.15, 0.2) is 78.9 Å². The van der Waals surface area contributed by atoms with Gasteiger partial charge >= 0.3 is 0 Å². The maximum Gasteiger partial charge on any atom is 0.157 e. The van der Waals surface area contributed by atoms with Gasteiger partial charge in [-0.05, 0) is 58.7 Å². The molecule has 4 rings (SSSR count). The highest BCUT2D eigenvalue weighted by Gasteiger charge is 2.11. The minimum absolute atomic E-state index is 0.372. The van der Waals surface area contributed by atoms with Crippen LogP contribution >= 0.6 is 23.2 Å². The number of aryl methyl sites for hydroxylation is 1. The van der Waals surface area contributed by atoms with Crippen molar-refractivity contribution in [3.63, 3.8) is 0 Å². The van der Waals surface area contributed by atoms with Gasteiger partial charge < -0.3 is 4.74 Å². The van der Waals surface area contributed by atoms with Crippen LogP contribution in [0.1, 0.15) is 22.3 Å². The number of fused-ring (bicyclic) bond motifs is 1. The van der Waals surface area contributed by atoms with E-state index in [0.29, 0.717) is 28.0 Å². The SMILES string of the molecule is Cc1cccc(COc2c(Cl)cc(C=C(C#N)c3ccc4ccccc4c3)cc2Cl)c1. The smallest absolute Gasteiger partial charge is 0.157 e. The summed E-state index contributed by atoms with van der Waals surface area (Å²) < 4.78 is 5.88. The Bertz CT molecular complexity index is 1310. The summed E-state index contributed by atoms with van der Waals surface area (Å²) >= 11 is 12.9. The summed E-state index contributed by atoms with van der Waals surface area (Å²) in [7, 11) is 0. The van der Waals surface area contributed by atoms with Gasteiger partial charge in [0.05, 0.1) is 21.7 Å². The first-order valence-electron chi connectivity index (χ1n) is 9.82. The van der Waals surface area contributed by atoms with Crippen molar-refractivity contribution >= 4 is 45.6 Å². The molecule has 0 atom stereocenters. The van der Waals surface area contributed by atoms with Gasteiger partial charge in [0.2, 0.25) is 0 Å². The molecule has 0 amide bonds. The number of allylic oxidation sites excluding steroid dienone is 1. The molecule has 31 heavy (non-hydrogen) atoms. The molecular weight excluding hydrogens is 425 g/mol. The van der Waals surface area contributed by atoms with E-state index in [9.17, 15) is 5.26 Å². The molecule has 4 heteroatoms. The first kappa shape index (κ1) is 21.0. The molecule has 0 spiro atoms. The average Bonchev–Trinajstić information content (AvgIpc) is 2.76. The first-order chi connectivity index (χ1) is 15.0. The van der Waals surface area contributed by atoms with Crippen LogP contribution in [0, 0.1) is 18.3 Å². The Hall–Kier alpha value is -3.25. The molecule has 0 aromatic heterocycles. The fourth-order valence-electron chi connectivity index (χ4n) is 3.46. The lowest BCUT2D eigenvalue weighted by Gasteiger charge is -2.12. The third-order valence-corrected chi connectivity index (χ3v) is 5.54. The molecule has 152 valence electrons. The van der Waals surface area contributed by atoms with Crippen molar-refractivity contribution < 1.29 is 4.74 Å². The largest absolute Gasteiger partial charge is 0.486 e. The Kier molecular flexibility index (Phi) is 6.28. The number of hydrogen-bond donors (Lipinski definition) is 0. The van der Waals surface area contributed by atoms with Crippen LogP contribution in [-0.4, -0.2) is 0 Å². The Morgan fingerprint density at radius 1 is 0.903 bits per heavy atom. The lowest BCUT2D eigenvalue weighted by Crippen LogP contribution is -1.97. The highest BCUT2D eigenvalue weighted by atomic mass is 35.5. The number of nitriles is 1. The van der Waals surface area contributed by atoms with Gasteiger partial charge in [-0.3, -0.25) is 0 Å². The van der Waals surface area contributed by atoms with Gasteiger partial charge in [0, 0.05) is 0 Å². The van der Waals surface area contributed by atoms with Crippen LogP contribution in [0.2, 0.25) is 10.0 Å². The van der Waals surface area contributed by atoms with Gasteiger partial charge in [-0.15, -0.1) is 0 Å². The van der Waals surface area contributed by atoms with Crippen molar-refractivity contribution in [2.24, 2.45) is 0 Å². The van der Waals surface area contributed by atoms with Gasteiger partial charge in [-0.2, -0.15) is 5.26 Å². The second-order valence-electron chi connectivity index (χ2n) is 7.32. The molecule has 4 aromatic carbocycles. The molecule has 0 saturated carbocycles. The number of benzene rings is 4. The summed E-state index contributed by atoms with van der Waals surface area (Å²) in [6.07, 6.45) is 1.78. The molecule has 2 nitrogen and oxygen atoms in total. The minimum atomic E-state index is 0.372. The number of ether oxygens (including phenoxy) is 1. The molecule has 0 N–H and O–H groups in total. The Morgan fingerprint density at radius 3 is 2.35 bits per heavy atom. The lowest BCUT2D eigenvalue weighted by atomic mass is 10.00. The maximum absolute atomic E-state index is 9.73. The van der Waals surface area contributed by atoms with Gasteiger partial charge in [-0.25, -0.2) is 0 Å².